The van der Waals surface area contributed by atoms with Crippen molar-refractivity contribution in [2.24, 2.45) is 0 Å². The number of rotatable bonds is 3. The second-order valence-corrected chi connectivity index (χ2v) is 2.74. The molecule has 1 N–H and O–H groups in total. The number of pyridine rings is 1. The summed E-state index contributed by atoms with van der Waals surface area (Å²) in [5.74, 6) is 5.88. The number of nitrogens with zero attached hydrogens (tertiary/aromatic N) is 1. The maximum Gasteiger partial charge on any atom is 0.151 e. The Morgan fingerprint density at radius 1 is 1.64 bits per heavy atom. The fourth-order valence-corrected chi connectivity index (χ4v) is 0.958. The van der Waals surface area contributed by atoms with Crippen LogP contribution in [0.3, 0.4) is 0 Å². The van der Waals surface area contributed by atoms with E-state index in [0.29, 0.717) is 11.1 Å². The first-order valence-electron chi connectivity index (χ1n) is 4.41. The summed E-state index contributed by atoms with van der Waals surface area (Å²) in [5, 5.41) is 2.99. The summed E-state index contributed by atoms with van der Waals surface area (Å²) in [6, 6.07) is 1.66. The van der Waals surface area contributed by atoms with E-state index in [1.165, 1.54) is 0 Å². The van der Waals surface area contributed by atoms with Crippen molar-refractivity contribution < 1.29 is 4.79 Å². The van der Waals surface area contributed by atoms with E-state index in [-0.39, 0.29) is 0 Å². The normalized spacial score (nSPS) is 8.93. The van der Waals surface area contributed by atoms with Gasteiger partial charge in [-0.25, -0.2) is 0 Å². The molecular weight excluding hydrogens is 176 g/mol. The number of carbonyl (C=O) groups is 1. The van der Waals surface area contributed by atoms with Crippen LogP contribution >= 0.6 is 0 Å². The van der Waals surface area contributed by atoms with Gasteiger partial charge in [0.25, 0.3) is 0 Å². The lowest BCUT2D eigenvalue weighted by Gasteiger charge is -1.93. The molecule has 3 heteroatoms. The van der Waals surface area contributed by atoms with Gasteiger partial charge in [0.05, 0.1) is 5.56 Å². The summed E-state index contributed by atoms with van der Waals surface area (Å²) >= 11 is 0. The van der Waals surface area contributed by atoms with Crippen molar-refractivity contribution in [1.82, 2.24) is 10.3 Å². The molecular formula is C11H12N2O. The van der Waals surface area contributed by atoms with E-state index in [9.17, 15) is 4.79 Å². The smallest absolute Gasteiger partial charge is 0.151 e. The molecule has 1 aromatic heterocycles. The molecule has 0 aliphatic rings. The minimum absolute atomic E-state index is 0.594. The number of carbonyl (C=O) groups excluding carboxylic acids is 1. The summed E-state index contributed by atoms with van der Waals surface area (Å²) in [5.41, 5.74) is 1.29. The molecule has 3 nitrogen and oxygen atoms in total. The van der Waals surface area contributed by atoms with Crippen LogP contribution in [-0.4, -0.2) is 24.9 Å². The van der Waals surface area contributed by atoms with Gasteiger partial charge < -0.3 is 5.32 Å². The Labute approximate surface area is 83.6 Å². The maximum absolute atomic E-state index is 10.6. The predicted molar refractivity (Wildman–Crippen MR) is 55.0 cm³/mol. The lowest BCUT2D eigenvalue weighted by molar-refractivity contribution is 0.112. The Kier molecular flexibility index (Phi) is 4.39. The van der Waals surface area contributed by atoms with E-state index in [0.717, 1.165) is 19.3 Å². The summed E-state index contributed by atoms with van der Waals surface area (Å²) < 4.78 is 0. The number of nitrogens with one attached hydrogen (secondary N) is 1. The highest BCUT2D eigenvalue weighted by molar-refractivity contribution is 5.78. The van der Waals surface area contributed by atoms with Crippen LogP contribution in [0, 0.1) is 11.8 Å². The van der Waals surface area contributed by atoms with E-state index in [1.54, 1.807) is 18.5 Å². The van der Waals surface area contributed by atoms with Crippen molar-refractivity contribution in [3.8, 4) is 11.8 Å². The molecule has 1 heterocycles. The SMILES string of the molecule is CNCCC#Cc1cnccc1C=O. The fraction of sp³-hybridized carbons (Fsp3) is 0.273. The molecule has 0 saturated carbocycles. The molecule has 0 aliphatic carbocycles. The number of hydrogen-bond acceptors (Lipinski definition) is 3. The van der Waals surface area contributed by atoms with Crippen LogP contribution in [0.4, 0.5) is 0 Å². The molecule has 0 aromatic carbocycles. The zero-order valence-corrected chi connectivity index (χ0v) is 8.08. The monoisotopic (exact) mass is 188 g/mol. The van der Waals surface area contributed by atoms with Crippen molar-refractivity contribution in [2.75, 3.05) is 13.6 Å². The van der Waals surface area contributed by atoms with Crippen molar-refractivity contribution >= 4 is 6.29 Å². The maximum atomic E-state index is 10.6. The number of aldehydes is 1. The van der Waals surface area contributed by atoms with Crippen LogP contribution in [0.2, 0.25) is 0 Å². The molecule has 0 atom stereocenters. The predicted octanol–water partition coefficient (Wildman–Crippen LogP) is 0.855. The van der Waals surface area contributed by atoms with E-state index in [1.807, 2.05) is 7.05 Å². The lowest BCUT2D eigenvalue weighted by atomic mass is 10.1. The lowest BCUT2D eigenvalue weighted by Crippen LogP contribution is -2.05. The molecule has 1 rings (SSSR count). The fourth-order valence-electron chi connectivity index (χ4n) is 0.958. The third kappa shape index (κ3) is 3.00. The molecule has 0 saturated heterocycles. The van der Waals surface area contributed by atoms with Gasteiger partial charge in [0, 0.05) is 30.9 Å². The number of hydrogen-bond donors (Lipinski definition) is 1. The molecule has 14 heavy (non-hydrogen) atoms. The van der Waals surface area contributed by atoms with Crippen molar-refractivity contribution in [3.63, 3.8) is 0 Å². The first-order valence-corrected chi connectivity index (χ1v) is 4.41. The van der Waals surface area contributed by atoms with Crippen LogP contribution in [-0.2, 0) is 0 Å². The minimum atomic E-state index is 0.594. The summed E-state index contributed by atoms with van der Waals surface area (Å²) in [7, 11) is 1.88. The summed E-state index contributed by atoms with van der Waals surface area (Å²) in [6.45, 7) is 0.851. The Morgan fingerprint density at radius 2 is 2.50 bits per heavy atom. The Bertz CT molecular complexity index is 363. The first-order chi connectivity index (χ1) is 6.88. The van der Waals surface area contributed by atoms with Gasteiger partial charge in [-0.05, 0) is 13.1 Å². The van der Waals surface area contributed by atoms with Crippen LogP contribution in [0.5, 0.6) is 0 Å². The zero-order valence-electron chi connectivity index (χ0n) is 8.08. The Morgan fingerprint density at radius 3 is 3.21 bits per heavy atom. The van der Waals surface area contributed by atoms with E-state index in [2.05, 4.69) is 22.1 Å². The van der Waals surface area contributed by atoms with Crippen LogP contribution in [0.1, 0.15) is 22.3 Å². The highest BCUT2D eigenvalue weighted by Gasteiger charge is 1.95. The molecule has 0 spiro atoms. The topological polar surface area (TPSA) is 42.0 Å². The van der Waals surface area contributed by atoms with E-state index >= 15 is 0 Å². The molecule has 0 bridgehead atoms. The van der Waals surface area contributed by atoms with E-state index in [4.69, 9.17) is 0 Å². The first kappa shape index (κ1) is 10.4. The van der Waals surface area contributed by atoms with Crippen LogP contribution in [0.15, 0.2) is 18.5 Å². The quantitative estimate of drug-likeness (QED) is 0.434. The van der Waals surface area contributed by atoms with Gasteiger partial charge in [-0.3, -0.25) is 9.78 Å². The van der Waals surface area contributed by atoms with Crippen molar-refractivity contribution in [3.05, 3.63) is 29.6 Å². The van der Waals surface area contributed by atoms with Gasteiger partial charge in [0.15, 0.2) is 6.29 Å². The second-order valence-electron chi connectivity index (χ2n) is 2.74. The van der Waals surface area contributed by atoms with Gasteiger partial charge in [-0.2, -0.15) is 0 Å². The molecule has 0 radical (unpaired) electrons. The molecule has 0 amide bonds. The molecule has 72 valence electrons. The third-order valence-corrected chi connectivity index (χ3v) is 1.70. The highest BCUT2D eigenvalue weighted by Crippen LogP contribution is 2.01. The molecule has 0 fully saturated rings. The minimum Gasteiger partial charge on any atom is -0.319 e. The van der Waals surface area contributed by atoms with Gasteiger partial charge in [-0.1, -0.05) is 11.8 Å². The average molecular weight is 188 g/mol. The molecule has 0 aliphatic heterocycles. The average Bonchev–Trinajstić information content (AvgIpc) is 2.25. The van der Waals surface area contributed by atoms with E-state index < -0.39 is 0 Å². The summed E-state index contributed by atoms with van der Waals surface area (Å²) in [4.78, 5) is 14.5. The van der Waals surface area contributed by atoms with Crippen molar-refractivity contribution in [1.29, 1.82) is 0 Å². The summed E-state index contributed by atoms with van der Waals surface area (Å²) in [6.07, 6.45) is 4.76. The van der Waals surface area contributed by atoms with Gasteiger partial charge >= 0.3 is 0 Å². The Balaban J connectivity index is 2.73. The van der Waals surface area contributed by atoms with Gasteiger partial charge in [0.1, 0.15) is 0 Å². The number of aromatic nitrogens is 1. The molecule has 0 unspecified atom stereocenters. The zero-order chi connectivity index (χ0) is 10.2. The van der Waals surface area contributed by atoms with Crippen molar-refractivity contribution in [2.45, 2.75) is 6.42 Å². The molecule has 1 aromatic rings. The van der Waals surface area contributed by atoms with Gasteiger partial charge in [0.2, 0.25) is 0 Å². The van der Waals surface area contributed by atoms with Crippen LogP contribution < -0.4 is 5.32 Å². The van der Waals surface area contributed by atoms with Crippen LogP contribution in [0.25, 0.3) is 0 Å². The third-order valence-electron chi connectivity index (χ3n) is 1.70. The Hall–Kier alpha value is -1.66. The second kappa shape index (κ2) is 5.90. The standard InChI is InChI=1S/C11H12N2O/c1-12-6-3-2-4-10-8-13-7-5-11(10)9-14/h5,7-9,12H,3,6H2,1H3. The largest absolute Gasteiger partial charge is 0.319 e. The highest BCUT2D eigenvalue weighted by atomic mass is 16.1. The van der Waals surface area contributed by atoms with Gasteiger partial charge in [-0.15, -0.1) is 0 Å².